The van der Waals surface area contributed by atoms with E-state index in [9.17, 15) is 4.79 Å². The van der Waals surface area contributed by atoms with Gasteiger partial charge in [-0.05, 0) is 51.4 Å². The Kier molecular flexibility index (Phi) is 3.95. The van der Waals surface area contributed by atoms with Crippen molar-refractivity contribution in [1.82, 2.24) is 24.0 Å². The Balaban J connectivity index is 1.66. The van der Waals surface area contributed by atoms with Crippen molar-refractivity contribution in [1.29, 1.82) is 0 Å². The number of aromatic nitrogens is 4. The van der Waals surface area contributed by atoms with Crippen LogP contribution < -0.4 is 0 Å². The van der Waals surface area contributed by atoms with Crippen LogP contribution in [0.5, 0.6) is 0 Å². The van der Waals surface area contributed by atoms with Crippen molar-refractivity contribution in [3.63, 3.8) is 0 Å². The van der Waals surface area contributed by atoms with E-state index < -0.39 is 5.60 Å². The molecule has 0 fully saturated rings. The van der Waals surface area contributed by atoms with Gasteiger partial charge in [-0.3, -0.25) is 9.67 Å². The van der Waals surface area contributed by atoms with Gasteiger partial charge in [0.15, 0.2) is 0 Å². The smallest absolute Gasteiger partial charge is 0.410 e. The monoisotopic (exact) mass is 371 g/mol. The molecule has 1 atom stereocenters. The summed E-state index contributed by atoms with van der Waals surface area (Å²) in [5.41, 5.74) is 3.28. The van der Waals surface area contributed by atoms with Crippen LogP contribution in [0.25, 0.3) is 21.5 Å². The molecule has 0 spiro atoms. The molecule has 3 aromatic heterocycles. The molecule has 8 heteroatoms. The van der Waals surface area contributed by atoms with Crippen LogP contribution in [0, 0.1) is 0 Å². The molecule has 0 saturated carbocycles. The van der Waals surface area contributed by atoms with E-state index in [2.05, 4.69) is 16.3 Å². The van der Waals surface area contributed by atoms with E-state index in [1.165, 1.54) is 11.5 Å². The van der Waals surface area contributed by atoms with Crippen LogP contribution in [0.15, 0.2) is 24.5 Å². The lowest BCUT2D eigenvalue weighted by Gasteiger charge is -2.33. The predicted molar refractivity (Wildman–Crippen MR) is 100.0 cm³/mol. The Morgan fingerprint density at radius 1 is 1.38 bits per heavy atom. The third-order valence-electron chi connectivity index (χ3n) is 4.25. The summed E-state index contributed by atoms with van der Waals surface area (Å²) >= 11 is 1.42. The van der Waals surface area contributed by atoms with Crippen molar-refractivity contribution in [3.8, 4) is 11.3 Å². The van der Waals surface area contributed by atoms with E-state index in [0.29, 0.717) is 13.1 Å². The zero-order valence-electron chi connectivity index (χ0n) is 15.3. The first-order chi connectivity index (χ1) is 12.3. The lowest BCUT2D eigenvalue weighted by atomic mass is 10.1. The maximum Gasteiger partial charge on any atom is 0.410 e. The first kappa shape index (κ1) is 17.0. The summed E-state index contributed by atoms with van der Waals surface area (Å²) < 4.78 is 12.8. The number of hydrogen-bond donors (Lipinski definition) is 0. The fraction of sp³-hybridized carbons (Fsp3) is 0.444. The standard InChI is InChI=1S/C18H21N5O2S/c1-11-9-22(17(24)25-18(2,3)4)10-12-7-14(21-23(11)12)13-5-6-19-15-8-20-26-16(13)15/h5-8,11H,9-10H2,1-4H3/t11-/m0/s1. The predicted octanol–water partition coefficient (Wildman–Crippen LogP) is 3.87. The molecule has 0 N–H and O–H groups in total. The zero-order chi connectivity index (χ0) is 18.5. The van der Waals surface area contributed by atoms with E-state index in [-0.39, 0.29) is 12.1 Å². The number of carbonyl (C=O) groups excluding carboxylic acids is 1. The molecule has 1 aliphatic heterocycles. The summed E-state index contributed by atoms with van der Waals surface area (Å²) in [7, 11) is 0. The molecular formula is C18H21N5O2S. The summed E-state index contributed by atoms with van der Waals surface area (Å²) in [4.78, 5) is 18.5. The highest BCUT2D eigenvalue weighted by atomic mass is 32.1. The van der Waals surface area contributed by atoms with Crippen molar-refractivity contribution in [3.05, 3.63) is 30.2 Å². The van der Waals surface area contributed by atoms with Crippen LogP contribution in [-0.2, 0) is 11.3 Å². The number of carbonyl (C=O) groups is 1. The molecular weight excluding hydrogens is 350 g/mol. The van der Waals surface area contributed by atoms with Gasteiger partial charge >= 0.3 is 6.09 Å². The SMILES string of the molecule is C[C@H]1CN(C(=O)OC(C)(C)C)Cc2cc(-c3ccnc4cnsc34)nn21. The Hall–Kier alpha value is -2.48. The fourth-order valence-electron chi connectivity index (χ4n) is 3.17. The minimum absolute atomic E-state index is 0.0822. The maximum absolute atomic E-state index is 12.4. The molecule has 0 unspecified atom stereocenters. The van der Waals surface area contributed by atoms with Gasteiger partial charge in [0.05, 0.1) is 34.9 Å². The van der Waals surface area contributed by atoms with Crippen molar-refractivity contribution >= 4 is 27.8 Å². The van der Waals surface area contributed by atoms with Crippen molar-refractivity contribution in [2.24, 2.45) is 0 Å². The van der Waals surface area contributed by atoms with E-state index in [1.807, 2.05) is 37.6 Å². The molecule has 4 rings (SSSR count). The number of nitrogens with zero attached hydrogens (tertiary/aromatic N) is 5. The molecule has 136 valence electrons. The van der Waals surface area contributed by atoms with Gasteiger partial charge in [-0.2, -0.15) is 9.47 Å². The van der Waals surface area contributed by atoms with Crippen LogP contribution in [-0.4, -0.2) is 42.3 Å². The molecule has 1 amide bonds. The second kappa shape index (κ2) is 6.05. The highest BCUT2D eigenvalue weighted by molar-refractivity contribution is 7.13. The normalized spacial score (nSPS) is 17.4. The van der Waals surface area contributed by atoms with Crippen LogP contribution in [0.1, 0.15) is 39.4 Å². The lowest BCUT2D eigenvalue weighted by Crippen LogP contribution is -2.43. The Labute approximate surface area is 155 Å². The first-order valence-electron chi connectivity index (χ1n) is 8.58. The van der Waals surface area contributed by atoms with Gasteiger partial charge in [-0.25, -0.2) is 4.79 Å². The summed E-state index contributed by atoms with van der Waals surface area (Å²) in [6, 6.07) is 4.09. The molecule has 1 aliphatic rings. The number of fused-ring (bicyclic) bond motifs is 2. The lowest BCUT2D eigenvalue weighted by molar-refractivity contribution is 0.0167. The maximum atomic E-state index is 12.4. The second-order valence-corrected chi connectivity index (χ2v) is 8.38. The van der Waals surface area contributed by atoms with Gasteiger partial charge in [0.25, 0.3) is 0 Å². The molecule has 0 saturated heterocycles. The van der Waals surface area contributed by atoms with Crippen LogP contribution in [0.4, 0.5) is 4.79 Å². The minimum Gasteiger partial charge on any atom is -0.444 e. The number of amides is 1. The molecule has 0 radical (unpaired) electrons. The molecule has 0 aromatic carbocycles. The van der Waals surface area contributed by atoms with Gasteiger partial charge < -0.3 is 9.64 Å². The van der Waals surface area contributed by atoms with E-state index in [4.69, 9.17) is 9.84 Å². The molecule has 4 heterocycles. The number of rotatable bonds is 1. The van der Waals surface area contributed by atoms with Crippen molar-refractivity contribution in [2.75, 3.05) is 6.54 Å². The fourth-order valence-corrected chi connectivity index (χ4v) is 3.90. The summed E-state index contributed by atoms with van der Waals surface area (Å²) in [6.45, 7) is 8.77. The van der Waals surface area contributed by atoms with E-state index >= 15 is 0 Å². The van der Waals surface area contributed by atoms with Gasteiger partial charge in [0.1, 0.15) is 11.1 Å². The molecule has 3 aromatic rings. The number of pyridine rings is 1. The largest absolute Gasteiger partial charge is 0.444 e. The average molecular weight is 371 g/mol. The van der Waals surface area contributed by atoms with Crippen LogP contribution in [0.2, 0.25) is 0 Å². The zero-order valence-corrected chi connectivity index (χ0v) is 16.1. The topological polar surface area (TPSA) is 73.1 Å². The summed E-state index contributed by atoms with van der Waals surface area (Å²) in [5, 5.41) is 4.79. The average Bonchev–Trinajstić information content (AvgIpc) is 3.19. The van der Waals surface area contributed by atoms with Crippen LogP contribution >= 0.6 is 11.5 Å². The second-order valence-electron chi connectivity index (χ2n) is 7.57. The van der Waals surface area contributed by atoms with Gasteiger partial charge in [0, 0.05) is 18.3 Å². The first-order valence-corrected chi connectivity index (χ1v) is 9.35. The van der Waals surface area contributed by atoms with Crippen LogP contribution in [0.3, 0.4) is 0 Å². The van der Waals surface area contributed by atoms with Gasteiger partial charge in [0.2, 0.25) is 0 Å². The Bertz CT molecular complexity index is 972. The molecule has 7 nitrogen and oxygen atoms in total. The Morgan fingerprint density at radius 3 is 2.96 bits per heavy atom. The minimum atomic E-state index is -0.502. The molecule has 0 aliphatic carbocycles. The molecule has 0 bridgehead atoms. The summed E-state index contributed by atoms with van der Waals surface area (Å²) in [5.74, 6) is 0. The van der Waals surface area contributed by atoms with Crippen molar-refractivity contribution < 1.29 is 9.53 Å². The number of ether oxygens (including phenoxy) is 1. The van der Waals surface area contributed by atoms with E-state index in [0.717, 1.165) is 27.2 Å². The number of hydrogen-bond acceptors (Lipinski definition) is 6. The Morgan fingerprint density at radius 2 is 2.19 bits per heavy atom. The van der Waals surface area contributed by atoms with E-state index in [1.54, 1.807) is 17.3 Å². The quantitative estimate of drug-likeness (QED) is 0.649. The third kappa shape index (κ3) is 3.05. The highest BCUT2D eigenvalue weighted by Gasteiger charge is 2.30. The summed E-state index contributed by atoms with van der Waals surface area (Å²) in [6.07, 6.45) is 3.26. The highest BCUT2D eigenvalue weighted by Crippen LogP contribution is 2.32. The third-order valence-corrected chi connectivity index (χ3v) is 5.07. The van der Waals surface area contributed by atoms with Gasteiger partial charge in [-0.15, -0.1) is 0 Å². The van der Waals surface area contributed by atoms with Gasteiger partial charge in [-0.1, -0.05) is 0 Å². The van der Waals surface area contributed by atoms with Crippen molar-refractivity contribution in [2.45, 2.75) is 45.9 Å². The molecule has 26 heavy (non-hydrogen) atoms.